The lowest BCUT2D eigenvalue weighted by atomic mass is 10.3. The van der Waals surface area contributed by atoms with Crippen LogP contribution in [0.1, 0.15) is 6.92 Å². The van der Waals surface area contributed by atoms with E-state index in [0.717, 1.165) is 17.6 Å². The number of ether oxygens (including phenoxy) is 1. The van der Waals surface area contributed by atoms with Crippen LogP contribution in [0.2, 0.25) is 0 Å². The molecule has 1 heterocycles. The second-order valence-electron chi connectivity index (χ2n) is 4.73. The number of hydrogen-bond acceptors (Lipinski definition) is 4. The molecule has 0 radical (unpaired) electrons. The molecule has 0 unspecified atom stereocenters. The number of sulfonamides is 1. The van der Waals surface area contributed by atoms with Gasteiger partial charge in [0.25, 0.3) is 0 Å². The van der Waals surface area contributed by atoms with E-state index in [1.165, 1.54) is 4.31 Å². The van der Waals surface area contributed by atoms with E-state index in [-0.39, 0.29) is 4.90 Å². The Bertz CT molecular complexity index is 569. The second kappa shape index (κ2) is 6.43. The highest BCUT2D eigenvalue weighted by Gasteiger charge is 2.28. The summed E-state index contributed by atoms with van der Waals surface area (Å²) in [5.74, 6) is 0.558. The molecule has 0 amide bonds. The third-order valence-corrected chi connectivity index (χ3v) is 5.85. The molecule has 5 nitrogen and oxygen atoms in total. The van der Waals surface area contributed by atoms with E-state index in [2.05, 4.69) is 20.8 Å². The number of nitrogens with zero attached hydrogens (tertiary/aromatic N) is 2. The van der Waals surface area contributed by atoms with Crippen LogP contribution in [0.3, 0.4) is 0 Å². The average molecular weight is 363 g/mol. The third kappa shape index (κ3) is 3.33. The zero-order chi connectivity index (χ0) is 14.8. The van der Waals surface area contributed by atoms with E-state index in [1.54, 1.807) is 18.2 Å². The van der Waals surface area contributed by atoms with Gasteiger partial charge >= 0.3 is 0 Å². The van der Waals surface area contributed by atoms with Gasteiger partial charge in [0.15, 0.2) is 0 Å². The molecule has 1 aliphatic rings. The largest absolute Gasteiger partial charge is 0.493 e. The fourth-order valence-corrected chi connectivity index (χ4v) is 3.89. The van der Waals surface area contributed by atoms with Gasteiger partial charge in [-0.15, -0.1) is 0 Å². The first-order valence-electron chi connectivity index (χ1n) is 6.56. The summed E-state index contributed by atoms with van der Waals surface area (Å²) in [5.41, 5.74) is 0. The molecule has 0 aliphatic carbocycles. The van der Waals surface area contributed by atoms with Crippen LogP contribution < -0.4 is 4.74 Å². The van der Waals surface area contributed by atoms with Crippen LogP contribution >= 0.6 is 15.9 Å². The van der Waals surface area contributed by atoms with Crippen molar-refractivity contribution in [2.75, 3.05) is 39.8 Å². The summed E-state index contributed by atoms with van der Waals surface area (Å²) >= 11 is 3.36. The van der Waals surface area contributed by atoms with Crippen LogP contribution in [0.5, 0.6) is 5.75 Å². The molecule has 2 rings (SSSR count). The minimum atomic E-state index is -3.44. The van der Waals surface area contributed by atoms with Crippen LogP contribution in [-0.4, -0.2) is 57.5 Å². The first kappa shape index (κ1) is 15.8. The smallest absolute Gasteiger partial charge is 0.243 e. The van der Waals surface area contributed by atoms with Gasteiger partial charge in [0, 0.05) is 32.2 Å². The van der Waals surface area contributed by atoms with Crippen LogP contribution in [0.25, 0.3) is 0 Å². The van der Waals surface area contributed by atoms with Crippen molar-refractivity contribution in [2.45, 2.75) is 11.8 Å². The summed E-state index contributed by atoms with van der Waals surface area (Å²) in [6, 6.07) is 4.91. The normalized spacial score (nSPS) is 18.1. The Morgan fingerprint density at radius 3 is 2.50 bits per heavy atom. The Kier molecular flexibility index (Phi) is 5.06. The van der Waals surface area contributed by atoms with Crippen molar-refractivity contribution in [2.24, 2.45) is 0 Å². The summed E-state index contributed by atoms with van der Waals surface area (Å²) in [4.78, 5) is 2.41. The predicted octanol–water partition coefficient (Wildman–Crippen LogP) is 1.78. The van der Waals surface area contributed by atoms with Crippen LogP contribution in [-0.2, 0) is 10.0 Å². The number of hydrogen-bond donors (Lipinski definition) is 0. The fraction of sp³-hybridized carbons (Fsp3) is 0.538. The fourth-order valence-electron chi connectivity index (χ4n) is 2.09. The first-order chi connectivity index (χ1) is 9.45. The Morgan fingerprint density at radius 1 is 1.25 bits per heavy atom. The highest BCUT2D eigenvalue weighted by atomic mass is 79.9. The Morgan fingerprint density at radius 2 is 1.90 bits per heavy atom. The van der Waals surface area contributed by atoms with E-state index in [1.807, 2.05) is 14.0 Å². The van der Waals surface area contributed by atoms with Crippen molar-refractivity contribution in [3.8, 4) is 5.75 Å². The molecule has 1 saturated heterocycles. The number of halogens is 1. The van der Waals surface area contributed by atoms with Gasteiger partial charge in [-0.3, -0.25) is 0 Å². The molecule has 7 heteroatoms. The van der Waals surface area contributed by atoms with E-state index < -0.39 is 10.0 Å². The third-order valence-electron chi connectivity index (χ3n) is 3.30. The van der Waals surface area contributed by atoms with Gasteiger partial charge in [-0.1, -0.05) is 0 Å². The lowest BCUT2D eigenvalue weighted by molar-refractivity contribution is 0.222. The monoisotopic (exact) mass is 362 g/mol. The van der Waals surface area contributed by atoms with Crippen LogP contribution in [0, 0.1) is 0 Å². The van der Waals surface area contributed by atoms with Crippen molar-refractivity contribution in [1.29, 1.82) is 0 Å². The van der Waals surface area contributed by atoms with Gasteiger partial charge in [0.2, 0.25) is 10.0 Å². The molecule has 1 aromatic carbocycles. The maximum absolute atomic E-state index is 12.6. The summed E-state index contributed by atoms with van der Waals surface area (Å²) < 4.78 is 32.9. The molecule has 1 aromatic rings. The molecule has 0 bridgehead atoms. The van der Waals surface area contributed by atoms with Gasteiger partial charge in [0.1, 0.15) is 5.75 Å². The minimum Gasteiger partial charge on any atom is -0.493 e. The van der Waals surface area contributed by atoms with Gasteiger partial charge in [-0.25, -0.2) is 8.42 Å². The van der Waals surface area contributed by atoms with Crippen molar-refractivity contribution in [1.82, 2.24) is 9.21 Å². The Hall–Kier alpha value is -0.630. The zero-order valence-corrected chi connectivity index (χ0v) is 14.1. The van der Waals surface area contributed by atoms with Crippen LogP contribution in [0.4, 0.5) is 0 Å². The summed E-state index contributed by atoms with van der Waals surface area (Å²) in [6.07, 6.45) is 0. The standard InChI is InChI=1S/C13H19BrN2O3S/c1-3-19-13-10-11(4-5-12(13)14)20(17,18)16-8-6-15(2)7-9-16/h4-5,10H,3,6-9H2,1-2H3. The maximum Gasteiger partial charge on any atom is 0.243 e. The van der Waals surface area contributed by atoms with Crippen LogP contribution in [0.15, 0.2) is 27.6 Å². The van der Waals surface area contributed by atoms with Gasteiger partial charge in [-0.2, -0.15) is 4.31 Å². The maximum atomic E-state index is 12.6. The second-order valence-corrected chi connectivity index (χ2v) is 7.52. The Balaban J connectivity index is 2.27. The summed E-state index contributed by atoms with van der Waals surface area (Å²) in [5, 5.41) is 0. The molecule has 0 N–H and O–H groups in total. The lowest BCUT2D eigenvalue weighted by Gasteiger charge is -2.31. The number of rotatable bonds is 4. The molecule has 1 fully saturated rings. The molecule has 20 heavy (non-hydrogen) atoms. The molecule has 112 valence electrons. The van der Waals surface area contributed by atoms with E-state index in [9.17, 15) is 8.42 Å². The van der Waals surface area contributed by atoms with Gasteiger partial charge < -0.3 is 9.64 Å². The lowest BCUT2D eigenvalue weighted by Crippen LogP contribution is -2.47. The molecule has 0 aromatic heterocycles. The topological polar surface area (TPSA) is 49.9 Å². The number of likely N-dealkylation sites (N-methyl/N-ethyl adjacent to an activating group) is 1. The van der Waals surface area contributed by atoms with E-state index >= 15 is 0 Å². The molecule has 0 saturated carbocycles. The predicted molar refractivity (Wildman–Crippen MR) is 81.6 cm³/mol. The molecule has 0 atom stereocenters. The highest BCUT2D eigenvalue weighted by molar-refractivity contribution is 9.10. The Labute approximate surface area is 128 Å². The van der Waals surface area contributed by atoms with E-state index in [4.69, 9.17) is 4.74 Å². The number of benzene rings is 1. The SMILES string of the molecule is CCOc1cc(S(=O)(=O)N2CCN(C)CC2)ccc1Br. The zero-order valence-electron chi connectivity index (χ0n) is 11.7. The van der Waals surface area contributed by atoms with Crippen molar-refractivity contribution < 1.29 is 13.2 Å². The molecular weight excluding hydrogens is 344 g/mol. The van der Waals surface area contributed by atoms with E-state index in [0.29, 0.717) is 25.4 Å². The minimum absolute atomic E-state index is 0.286. The number of piperazine rings is 1. The van der Waals surface area contributed by atoms with Gasteiger partial charge in [-0.05, 0) is 42.0 Å². The summed E-state index contributed by atoms with van der Waals surface area (Å²) in [6.45, 7) is 4.94. The molecule has 1 aliphatic heterocycles. The van der Waals surface area contributed by atoms with Crippen molar-refractivity contribution >= 4 is 26.0 Å². The highest BCUT2D eigenvalue weighted by Crippen LogP contribution is 2.29. The average Bonchev–Trinajstić information content (AvgIpc) is 2.42. The van der Waals surface area contributed by atoms with Crippen molar-refractivity contribution in [3.63, 3.8) is 0 Å². The molecule has 0 spiro atoms. The van der Waals surface area contributed by atoms with Crippen molar-refractivity contribution in [3.05, 3.63) is 22.7 Å². The summed E-state index contributed by atoms with van der Waals surface area (Å²) in [7, 11) is -1.44. The van der Waals surface area contributed by atoms with Gasteiger partial charge in [0.05, 0.1) is 16.0 Å². The first-order valence-corrected chi connectivity index (χ1v) is 8.79. The quantitative estimate of drug-likeness (QED) is 0.819. The molecular formula is C13H19BrN2O3S.